The summed E-state index contributed by atoms with van der Waals surface area (Å²) in [6.45, 7) is 12.2. The summed E-state index contributed by atoms with van der Waals surface area (Å²) in [4.78, 5) is 4.56. The number of likely N-dealkylation sites (N-methyl/N-ethyl adjacent to an activating group) is 1. The molecular weight excluding hydrogens is 342 g/mol. The minimum absolute atomic E-state index is 0.438. The maximum Gasteiger partial charge on any atom is 0.168 e. The van der Waals surface area contributed by atoms with Crippen LogP contribution in [-0.2, 0) is 4.74 Å². The van der Waals surface area contributed by atoms with E-state index in [1.807, 2.05) is 6.08 Å². The van der Waals surface area contributed by atoms with Gasteiger partial charge in [-0.3, -0.25) is 0 Å². The van der Waals surface area contributed by atoms with Crippen LogP contribution in [0.5, 0.6) is 0 Å². The third kappa shape index (κ3) is 9.89. The van der Waals surface area contributed by atoms with Crippen LogP contribution >= 0.6 is 12.2 Å². The van der Waals surface area contributed by atoms with Crippen molar-refractivity contribution in [2.24, 2.45) is 5.92 Å². The van der Waals surface area contributed by atoms with Gasteiger partial charge < -0.3 is 19.9 Å². The highest BCUT2D eigenvalue weighted by molar-refractivity contribution is 7.80. The highest BCUT2D eigenvalue weighted by Gasteiger charge is 2.25. The Hall–Kier alpha value is -0.650. The van der Waals surface area contributed by atoms with Gasteiger partial charge in [-0.2, -0.15) is 0 Å². The van der Waals surface area contributed by atoms with Crippen LogP contribution in [-0.4, -0.2) is 67.4 Å². The normalized spacial score (nSPS) is 20.4. The van der Waals surface area contributed by atoms with Gasteiger partial charge in [0.1, 0.15) is 0 Å². The minimum Gasteiger partial charge on any atom is -0.378 e. The van der Waals surface area contributed by atoms with Gasteiger partial charge in [-0.05, 0) is 76.7 Å². The van der Waals surface area contributed by atoms with Gasteiger partial charge in [0.2, 0.25) is 0 Å². The first-order chi connectivity index (χ1) is 12.4. The molecule has 0 spiro atoms. The molecule has 0 bridgehead atoms. The highest BCUT2D eigenvalue weighted by atomic mass is 32.1. The molecule has 1 fully saturated rings. The lowest BCUT2D eigenvalue weighted by Gasteiger charge is -2.36. The van der Waals surface area contributed by atoms with Crippen molar-refractivity contribution in [1.29, 1.82) is 0 Å². The van der Waals surface area contributed by atoms with Crippen LogP contribution in [0.3, 0.4) is 0 Å². The van der Waals surface area contributed by atoms with E-state index >= 15 is 0 Å². The first-order valence-electron chi connectivity index (χ1n) is 10.4. The number of thiocarbonyl (C=S) groups is 1. The molecular formula is C21H41N3OS. The number of unbranched alkanes of at least 4 members (excludes halogenated alkanes) is 1. The quantitative estimate of drug-likeness (QED) is 0.312. The number of ether oxygens (including phenoxy) is 1. The third-order valence-electron chi connectivity index (χ3n) is 5.24. The number of nitrogens with zero attached hydrogens (tertiary/aromatic N) is 2. The fourth-order valence-electron chi connectivity index (χ4n) is 3.40. The SMILES string of the molecule is C=CCN(C)CCCCOC1CCC(N(C)C(=S)NCCC(C)C)CC1. The molecule has 0 aromatic rings. The maximum atomic E-state index is 6.10. The van der Waals surface area contributed by atoms with Crippen LogP contribution < -0.4 is 5.32 Å². The number of hydrogen-bond donors (Lipinski definition) is 1. The second kappa shape index (κ2) is 13.5. The van der Waals surface area contributed by atoms with Crippen LogP contribution in [0.2, 0.25) is 0 Å². The molecule has 0 saturated heterocycles. The molecule has 0 heterocycles. The van der Waals surface area contributed by atoms with Crippen LogP contribution in [0, 0.1) is 5.92 Å². The Morgan fingerprint density at radius 1 is 1.23 bits per heavy atom. The number of nitrogens with one attached hydrogen (secondary N) is 1. The molecule has 5 heteroatoms. The lowest BCUT2D eigenvalue weighted by atomic mass is 9.92. The van der Waals surface area contributed by atoms with Crippen molar-refractivity contribution in [1.82, 2.24) is 15.1 Å². The summed E-state index contributed by atoms with van der Waals surface area (Å²) in [6, 6.07) is 0.557. The Bertz CT molecular complexity index is 395. The lowest BCUT2D eigenvalue weighted by Crippen LogP contribution is -2.45. The minimum atomic E-state index is 0.438. The molecule has 0 amide bonds. The Labute approximate surface area is 167 Å². The van der Waals surface area contributed by atoms with E-state index in [4.69, 9.17) is 17.0 Å². The smallest absolute Gasteiger partial charge is 0.168 e. The zero-order valence-electron chi connectivity index (χ0n) is 17.5. The van der Waals surface area contributed by atoms with Gasteiger partial charge in [-0.15, -0.1) is 6.58 Å². The van der Waals surface area contributed by atoms with E-state index in [-0.39, 0.29) is 0 Å². The molecule has 26 heavy (non-hydrogen) atoms. The summed E-state index contributed by atoms with van der Waals surface area (Å²) in [5, 5.41) is 4.31. The maximum absolute atomic E-state index is 6.10. The van der Waals surface area contributed by atoms with Gasteiger partial charge in [0, 0.05) is 32.8 Å². The summed E-state index contributed by atoms with van der Waals surface area (Å²) in [7, 11) is 4.28. The van der Waals surface area contributed by atoms with Crippen LogP contribution in [0.1, 0.15) is 58.8 Å². The second-order valence-electron chi connectivity index (χ2n) is 8.08. The van der Waals surface area contributed by atoms with Crippen LogP contribution in [0.25, 0.3) is 0 Å². The lowest BCUT2D eigenvalue weighted by molar-refractivity contribution is 0.0144. The standard InChI is InChI=1S/C21H41N3OS/c1-6-15-23(4)16-7-8-17-25-20-11-9-19(10-12-20)24(5)21(26)22-14-13-18(2)3/h6,18-20H,1,7-17H2,2-5H3,(H,22,26). The summed E-state index contributed by atoms with van der Waals surface area (Å²) >= 11 is 5.55. The van der Waals surface area contributed by atoms with Gasteiger partial charge in [-0.1, -0.05) is 19.9 Å². The molecule has 1 aliphatic rings. The first-order valence-corrected chi connectivity index (χ1v) is 10.8. The zero-order chi connectivity index (χ0) is 19.4. The molecule has 0 aromatic heterocycles. The molecule has 4 nitrogen and oxygen atoms in total. The van der Waals surface area contributed by atoms with E-state index < -0.39 is 0 Å². The largest absolute Gasteiger partial charge is 0.378 e. The fraction of sp³-hybridized carbons (Fsp3) is 0.857. The predicted octanol–water partition coefficient (Wildman–Crippen LogP) is 4.06. The zero-order valence-corrected chi connectivity index (χ0v) is 18.3. The van der Waals surface area contributed by atoms with Crippen molar-refractivity contribution in [3.63, 3.8) is 0 Å². The Morgan fingerprint density at radius 3 is 2.54 bits per heavy atom. The van der Waals surface area contributed by atoms with Gasteiger partial charge >= 0.3 is 0 Å². The topological polar surface area (TPSA) is 27.7 Å². The molecule has 0 aromatic carbocycles. The molecule has 1 N–H and O–H groups in total. The number of hydrogen-bond acceptors (Lipinski definition) is 3. The van der Waals surface area contributed by atoms with Crippen LogP contribution in [0.15, 0.2) is 12.7 Å². The summed E-state index contributed by atoms with van der Waals surface area (Å²) in [6.07, 6.45) is 10.6. The molecule has 0 radical (unpaired) electrons. The number of rotatable bonds is 12. The first kappa shape index (κ1) is 23.4. The summed E-state index contributed by atoms with van der Waals surface area (Å²) < 4.78 is 6.10. The highest BCUT2D eigenvalue weighted by Crippen LogP contribution is 2.24. The van der Waals surface area contributed by atoms with Crippen molar-refractivity contribution in [2.45, 2.75) is 70.9 Å². The summed E-state index contributed by atoms with van der Waals surface area (Å²) in [5.74, 6) is 0.713. The molecule has 1 saturated carbocycles. The third-order valence-corrected chi connectivity index (χ3v) is 5.67. The Balaban J connectivity index is 2.12. The van der Waals surface area contributed by atoms with E-state index in [9.17, 15) is 0 Å². The van der Waals surface area contributed by atoms with Crippen molar-refractivity contribution < 1.29 is 4.74 Å². The van der Waals surface area contributed by atoms with Crippen LogP contribution in [0.4, 0.5) is 0 Å². The Kier molecular flexibility index (Phi) is 12.2. The molecule has 0 atom stereocenters. The molecule has 152 valence electrons. The fourth-order valence-corrected chi connectivity index (χ4v) is 3.65. The van der Waals surface area contributed by atoms with E-state index in [1.165, 1.54) is 19.3 Å². The van der Waals surface area contributed by atoms with E-state index in [1.54, 1.807) is 0 Å². The average Bonchev–Trinajstić information content (AvgIpc) is 2.61. The van der Waals surface area contributed by atoms with E-state index in [2.05, 4.69) is 49.6 Å². The average molecular weight is 384 g/mol. The molecule has 1 aliphatic carbocycles. The van der Waals surface area contributed by atoms with Crippen molar-refractivity contribution in [2.75, 3.05) is 40.3 Å². The molecule has 1 rings (SSSR count). The van der Waals surface area contributed by atoms with Gasteiger partial charge in [0.25, 0.3) is 0 Å². The van der Waals surface area contributed by atoms with Gasteiger partial charge in [0.05, 0.1) is 6.10 Å². The van der Waals surface area contributed by atoms with Crippen molar-refractivity contribution >= 4 is 17.3 Å². The van der Waals surface area contributed by atoms with E-state index in [0.717, 1.165) is 57.0 Å². The predicted molar refractivity (Wildman–Crippen MR) is 117 cm³/mol. The van der Waals surface area contributed by atoms with Gasteiger partial charge in [-0.25, -0.2) is 0 Å². The monoisotopic (exact) mass is 383 g/mol. The molecule has 0 aliphatic heterocycles. The summed E-state index contributed by atoms with van der Waals surface area (Å²) in [5.41, 5.74) is 0. The van der Waals surface area contributed by atoms with Gasteiger partial charge in [0.15, 0.2) is 5.11 Å². The second-order valence-corrected chi connectivity index (χ2v) is 8.47. The van der Waals surface area contributed by atoms with E-state index in [0.29, 0.717) is 18.1 Å². The Morgan fingerprint density at radius 2 is 1.92 bits per heavy atom. The molecule has 0 unspecified atom stereocenters. The van der Waals surface area contributed by atoms with Crippen molar-refractivity contribution in [3.05, 3.63) is 12.7 Å². The van der Waals surface area contributed by atoms with Crippen molar-refractivity contribution in [3.8, 4) is 0 Å².